The Hall–Kier alpha value is -2.04. The maximum absolute atomic E-state index is 11.1. The maximum atomic E-state index is 11.1. The first kappa shape index (κ1) is 12.0. The van der Waals surface area contributed by atoms with E-state index in [9.17, 15) is 4.79 Å². The van der Waals surface area contributed by atoms with E-state index < -0.39 is 5.97 Å². The number of anilines is 1. The maximum Gasteiger partial charge on any atom is 0.374 e. The molecule has 0 unspecified atom stereocenters. The van der Waals surface area contributed by atoms with E-state index in [0.29, 0.717) is 11.1 Å². The van der Waals surface area contributed by atoms with E-state index in [-0.39, 0.29) is 11.4 Å². The summed E-state index contributed by atoms with van der Waals surface area (Å²) in [5.41, 5.74) is 9.94. The summed E-state index contributed by atoms with van der Waals surface area (Å²) in [6, 6.07) is 0. The SMILES string of the molecule is CCCc1nc2oc(C(=O)O)c(N)c2c2c1CCC2. The van der Waals surface area contributed by atoms with Gasteiger partial charge in [-0.05, 0) is 36.8 Å². The highest BCUT2D eigenvalue weighted by molar-refractivity contribution is 6.03. The molecule has 0 bridgehead atoms. The van der Waals surface area contributed by atoms with E-state index in [1.54, 1.807) is 0 Å². The van der Waals surface area contributed by atoms with E-state index in [2.05, 4.69) is 11.9 Å². The molecule has 0 saturated carbocycles. The molecule has 3 rings (SSSR count). The van der Waals surface area contributed by atoms with Gasteiger partial charge in [0.2, 0.25) is 11.5 Å². The van der Waals surface area contributed by atoms with Crippen molar-refractivity contribution in [3.8, 4) is 0 Å². The van der Waals surface area contributed by atoms with Crippen molar-refractivity contribution >= 4 is 22.8 Å². The van der Waals surface area contributed by atoms with Crippen molar-refractivity contribution in [2.45, 2.75) is 39.0 Å². The minimum absolute atomic E-state index is 0.190. The minimum atomic E-state index is -1.14. The van der Waals surface area contributed by atoms with Gasteiger partial charge in [0.15, 0.2) is 0 Å². The van der Waals surface area contributed by atoms with E-state index in [0.717, 1.165) is 43.4 Å². The summed E-state index contributed by atoms with van der Waals surface area (Å²) in [5, 5.41) is 9.80. The second-order valence-corrected chi connectivity index (χ2v) is 4.95. The molecule has 2 aromatic heterocycles. The average Bonchev–Trinajstić information content (AvgIpc) is 2.94. The molecule has 3 N–H and O–H groups in total. The molecular formula is C14H16N2O3. The Kier molecular flexibility index (Phi) is 2.69. The molecule has 0 spiro atoms. The van der Waals surface area contributed by atoms with Crippen molar-refractivity contribution in [1.82, 2.24) is 4.98 Å². The molecule has 100 valence electrons. The number of nitrogen functional groups attached to an aromatic ring is 1. The number of nitrogens with zero attached hydrogens (tertiary/aromatic N) is 1. The normalized spacial score (nSPS) is 13.9. The van der Waals surface area contributed by atoms with Crippen molar-refractivity contribution in [2.24, 2.45) is 0 Å². The molecule has 0 atom stereocenters. The Bertz CT molecular complexity index is 673. The van der Waals surface area contributed by atoms with E-state index in [1.807, 2.05) is 0 Å². The first-order valence-electron chi connectivity index (χ1n) is 6.59. The lowest BCUT2D eigenvalue weighted by atomic mass is 10.0. The first-order chi connectivity index (χ1) is 9.13. The van der Waals surface area contributed by atoms with Gasteiger partial charge in [-0.1, -0.05) is 13.3 Å². The Morgan fingerprint density at radius 3 is 2.84 bits per heavy atom. The van der Waals surface area contributed by atoms with E-state index in [1.165, 1.54) is 5.56 Å². The zero-order valence-electron chi connectivity index (χ0n) is 10.8. The zero-order valence-corrected chi connectivity index (χ0v) is 10.8. The van der Waals surface area contributed by atoms with Crippen LogP contribution in [-0.2, 0) is 19.3 Å². The summed E-state index contributed by atoms with van der Waals surface area (Å²) in [7, 11) is 0. The number of aromatic carboxylic acids is 1. The molecule has 5 nitrogen and oxygen atoms in total. The van der Waals surface area contributed by atoms with Crippen LogP contribution in [0.2, 0.25) is 0 Å². The number of hydrogen-bond acceptors (Lipinski definition) is 4. The summed E-state index contributed by atoms with van der Waals surface area (Å²) in [5.74, 6) is -1.33. The minimum Gasteiger partial charge on any atom is -0.475 e. The molecule has 0 aliphatic heterocycles. The molecule has 5 heteroatoms. The lowest BCUT2D eigenvalue weighted by Gasteiger charge is -2.07. The predicted octanol–water partition coefficient (Wildman–Crippen LogP) is 2.55. The molecular weight excluding hydrogens is 244 g/mol. The van der Waals surface area contributed by atoms with Crippen LogP contribution in [0.25, 0.3) is 11.1 Å². The Labute approximate surface area is 110 Å². The Balaban J connectivity index is 2.32. The van der Waals surface area contributed by atoms with Crippen LogP contribution >= 0.6 is 0 Å². The smallest absolute Gasteiger partial charge is 0.374 e. The van der Waals surface area contributed by atoms with Crippen molar-refractivity contribution < 1.29 is 14.3 Å². The lowest BCUT2D eigenvalue weighted by Crippen LogP contribution is -2.00. The topological polar surface area (TPSA) is 89.3 Å². The number of furan rings is 1. The van der Waals surface area contributed by atoms with Gasteiger partial charge in [-0.15, -0.1) is 0 Å². The van der Waals surface area contributed by atoms with Crippen LogP contribution in [0.5, 0.6) is 0 Å². The fourth-order valence-corrected chi connectivity index (χ4v) is 2.93. The van der Waals surface area contributed by atoms with E-state index >= 15 is 0 Å². The highest BCUT2D eigenvalue weighted by Crippen LogP contribution is 2.37. The quantitative estimate of drug-likeness (QED) is 0.885. The summed E-state index contributed by atoms with van der Waals surface area (Å²) < 4.78 is 5.34. The summed E-state index contributed by atoms with van der Waals surface area (Å²) in [4.78, 5) is 15.6. The van der Waals surface area contributed by atoms with Crippen molar-refractivity contribution in [1.29, 1.82) is 0 Å². The number of rotatable bonds is 3. The third-order valence-corrected chi connectivity index (χ3v) is 3.71. The average molecular weight is 260 g/mol. The van der Waals surface area contributed by atoms with Crippen molar-refractivity contribution in [2.75, 3.05) is 5.73 Å². The number of nitrogens with two attached hydrogens (primary N) is 1. The number of aryl methyl sites for hydroxylation is 2. The number of carboxylic acids is 1. The summed E-state index contributed by atoms with van der Waals surface area (Å²) in [6.45, 7) is 2.10. The Morgan fingerprint density at radius 2 is 2.16 bits per heavy atom. The predicted molar refractivity (Wildman–Crippen MR) is 71.4 cm³/mol. The number of fused-ring (bicyclic) bond motifs is 3. The molecule has 0 radical (unpaired) electrons. The van der Waals surface area contributed by atoms with Crippen LogP contribution in [0, 0.1) is 0 Å². The number of carbonyl (C=O) groups is 1. The van der Waals surface area contributed by atoms with Crippen molar-refractivity contribution in [3.05, 3.63) is 22.6 Å². The standard InChI is InChI=1S/C14H16N2O3/c1-2-4-9-7-5-3-6-8(7)10-11(15)12(14(17)18)19-13(10)16-9/h2-6,15H2,1H3,(H,17,18). The van der Waals surface area contributed by atoms with Crippen LogP contribution in [0.4, 0.5) is 5.69 Å². The molecule has 0 fully saturated rings. The van der Waals surface area contributed by atoms with Crippen LogP contribution in [0.3, 0.4) is 0 Å². The summed E-state index contributed by atoms with van der Waals surface area (Å²) >= 11 is 0. The molecule has 1 aliphatic carbocycles. The molecule has 19 heavy (non-hydrogen) atoms. The van der Waals surface area contributed by atoms with Gasteiger partial charge in [0, 0.05) is 5.69 Å². The van der Waals surface area contributed by atoms with Crippen LogP contribution in [-0.4, -0.2) is 16.1 Å². The van der Waals surface area contributed by atoms with E-state index in [4.69, 9.17) is 15.3 Å². The Morgan fingerprint density at radius 1 is 1.42 bits per heavy atom. The first-order valence-corrected chi connectivity index (χ1v) is 6.59. The van der Waals surface area contributed by atoms with Crippen molar-refractivity contribution in [3.63, 3.8) is 0 Å². The van der Waals surface area contributed by atoms with Gasteiger partial charge in [0.25, 0.3) is 0 Å². The van der Waals surface area contributed by atoms with Gasteiger partial charge >= 0.3 is 5.97 Å². The third kappa shape index (κ3) is 1.69. The third-order valence-electron chi connectivity index (χ3n) is 3.71. The fourth-order valence-electron chi connectivity index (χ4n) is 2.93. The molecule has 2 heterocycles. The number of aromatic nitrogens is 1. The van der Waals surface area contributed by atoms with Gasteiger partial charge in [0.1, 0.15) is 0 Å². The second-order valence-electron chi connectivity index (χ2n) is 4.95. The molecule has 0 amide bonds. The lowest BCUT2D eigenvalue weighted by molar-refractivity contribution is 0.0666. The highest BCUT2D eigenvalue weighted by Gasteiger charge is 2.26. The molecule has 0 aromatic carbocycles. The van der Waals surface area contributed by atoms with Gasteiger partial charge in [-0.2, -0.15) is 0 Å². The highest BCUT2D eigenvalue weighted by atomic mass is 16.4. The largest absolute Gasteiger partial charge is 0.475 e. The molecule has 0 saturated heterocycles. The molecule has 2 aromatic rings. The fraction of sp³-hybridized carbons (Fsp3) is 0.429. The van der Waals surface area contributed by atoms with Crippen LogP contribution in [0.15, 0.2) is 4.42 Å². The monoisotopic (exact) mass is 260 g/mol. The van der Waals surface area contributed by atoms with Gasteiger partial charge in [0.05, 0.1) is 11.1 Å². The second kappa shape index (κ2) is 4.26. The van der Waals surface area contributed by atoms with Gasteiger partial charge in [-0.25, -0.2) is 9.78 Å². The number of pyridine rings is 1. The molecule has 1 aliphatic rings. The number of carboxylic acid groups (broad SMARTS) is 1. The zero-order chi connectivity index (χ0) is 13.6. The van der Waals surface area contributed by atoms with Gasteiger partial charge < -0.3 is 15.3 Å². The van der Waals surface area contributed by atoms with Gasteiger partial charge in [-0.3, -0.25) is 0 Å². The number of hydrogen-bond donors (Lipinski definition) is 2. The van der Waals surface area contributed by atoms with Crippen LogP contribution < -0.4 is 5.73 Å². The van der Waals surface area contributed by atoms with Crippen LogP contribution in [0.1, 0.15) is 47.1 Å². The summed E-state index contributed by atoms with van der Waals surface area (Å²) in [6.07, 6.45) is 4.89.